The van der Waals surface area contributed by atoms with Crippen LogP contribution in [0.15, 0.2) is 53.6 Å². The van der Waals surface area contributed by atoms with Gasteiger partial charge in [0.05, 0.1) is 5.69 Å². The lowest BCUT2D eigenvalue weighted by molar-refractivity contribution is 0.306. The molecule has 0 spiro atoms. The third-order valence-corrected chi connectivity index (χ3v) is 3.04. The van der Waals surface area contributed by atoms with Crippen LogP contribution in [0.5, 0.6) is 5.75 Å². The van der Waals surface area contributed by atoms with E-state index in [1.807, 2.05) is 31.2 Å². The Kier molecular flexibility index (Phi) is 5.31. The highest BCUT2D eigenvalue weighted by molar-refractivity contribution is 6.45. The molecule has 0 saturated carbocycles. The topological polar surface area (TPSA) is 107 Å². The Morgan fingerprint density at radius 2 is 1.87 bits per heavy atom. The molecule has 0 bridgehead atoms. The molecular formula is C17H17N5O. The van der Waals surface area contributed by atoms with Gasteiger partial charge >= 0.3 is 0 Å². The summed E-state index contributed by atoms with van der Waals surface area (Å²) in [5.74, 6) is 0.352. The molecule has 116 valence electrons. The van der Waals surface area contributed by atoms with Crippen molar-refractivity contribution < 1.29 is 4.74 Å². The SMILES string of the molecule is Cc1ccc(COc2ccc(N/N=C(\C#N)C(=N)N)cc2)cc1. The maximum absolute atomic E-state index is 8.75. The van der Waals surface area contributed by atoms with Crippen LogP contribution in [-0.2, 0) is 6.61 Å². The van der Waals surface area contributed by atoms with Crippen LogP contribution in [0, 0.1) is 23.7 Å². The van der Waals surface area contributed by atoms with Crippen LogP contribution in [0.4, 0.5) is 5.69 Å². The Morgan fingerprint density at radius 3 is 2.43 bits per heavy atom. The molecular weight excluding hydrogens is 290 g/mol. The summed E-state index contributed by atoms with van der Waals surface area (Å²) in [7, 11) is 0. The summed E-state index contributed by atoms with van der Waals surface area (Å²) in [5.41, 5.74) is 10.7. The van der Waals surface area contributed by atoms with Gasteiger partial charge in [0.2, 0.25) is 5.71 Å². The third kappa shape index (κ3) is 4.86. The van der Waals surface area contributed by atoms with Gasteiger partial charge in [-0.05, 0) is 36.8 Å². The Bertz CT molecular complexity index is 742. The highest BCUT2D eigenvalue weighted by atomic mass is 16.5. The first-order valence-electron chi connectivity index (χ1n) is 6.95. The van der Waals surface area contributed by atoms with Crippen molar-refractivity contribution in [2.75, 3.05) is 5.43 Å². The summed E-state index contributed by atoms with van der Waals surface area (Å²) in [6, 6.07) is 17.0. The zero-order valence-corrected chi connectivity index (χ0v) is 12.7. The van der Waals surface area contributed by atoms with Gasteiger partial charge in [-0.15, -0.1) is 0 Å². The molecule has 0 fully saturated rings. The van der Waals surface area contributed by atoms with Crippen LogP contribution in [0.2, 0.25) is 0 Å². The van der Waals surface area contributed by atoms with E-state index in [-0.39, 0.29) is 11.5 Å². The molecule has 0 aliphatic carbocycles. The fraction of sp³-hybridized carbons (Fsp3) is 0.118. The largest absolute Gasteiger partial charge is 0.489 e. The number of ether oxygens (including phenoxy) is 1. The Balaban J connectivity index is 1.93. The number of benzene rings is 2. The van der Waals surface area contributed by atoms with E-state index < -0.39 is 0 Å². The van der Waals surface area contributed by atoms with Crippen LogP contribution >= 0.6 is 0 Å². The van der Waals surface area contributed by atoms with Crippen LogP contribution in [-0.4, -0.2) is 11.5 Å². The molecule has 0 aliphatic rings. The van der Waals surface area contributed by atoms with Gasteiger partial charge in [0.15, 0.2) is 5.84 Å². The van der Waals surface area contributed by atoms with Gasteiger partial charge < -0.3 is 10.5 Å². The van der Waals surface area contributed by atoms with Crippen molar-refractivity contribution in [1.82, 2.24) is 0 Å². The van der Waals surface area contributed by atoms with E-state index >= 15 is 0 Å². The number of nitriles is 1. The van der Waals surface area contributed by atoms with Gasteiger partial charge in [-0.2, -0.15) is 10.4 Å². The molecule has 2 rings (SSSR count). The predicted octanol–water partition coefficient (Wildman–Crippen LogP) is 2.80. The van der Waals surface area contributed by atoms with Gasteiger partial charge in [0.25, 0.3) is 0 Å². The first-order valence-corrected chi connectivity index (χ1v) is 6.95. The maximum Gasteiger partial charge on any atom is 0.201 e. The van der Waals surface area contributed by atoms with Crippen LogP contribution < -0.4 is 15.9 Å². The minimum Gasteiger partial charge on any atom is -0.489 e. The van der Waals surface area contributed by atoms with Crippen LogP contribution in [0.1, 0.15) is 11.1 Å². The quantitative estimate of drug-likeness (QED) is 0.433. The molecule has 0 aliphatic heterocycles. The predicted molar refractivity (Wildman–Crippen MR) is 90.5 cm³/mol. The zero-order chi connectivity index (χ0) is 16.7. The minimum atomic E-state index is -0.377. The Labute approximate surface area is 134 Å². The van der Waals surface area contributed by atoms with E-state index in [1.165, 1.54) is 5.56 Å². The molecule has 0 atom stereocenters. The fourth-order valence-corrected chi connectivity index (χ4v) is 1.74. The summed E-state index contributed by atoms with van der Waals surface area (Å²) >= 11 is 0. The van der Waals surface area contributed by atoms with Crippen molar-refractivity contribution in [2.24, 2.45) is 10.8 Å². The standard InChI is InChI=1S/C17H17N5O/c1-12-2-4-13(5-3-12)11-23-15-8-6-14(7-9-15)21-22-16(10-18)17(19)20/h2-9,21H,11H2,1H3,(H3,19,20)/b22-16+. The Hall–Kier alpha value is -3.33. The monoisotopic (exact) mass is 307 g/mol. The summed E-state index contributed by atoms with van der Waals surface area (Å²) in [6.45, 7) is 2.54. The second-order valence-corrected chi connectivity index (χ2v) is 4.90. The smallest absolute Gasteiger partial charge is 0.201 e. The highest BCUT2D eigenvalue weighted by Crippen LogP contribution is 2.17. The number of hydrazone groups is 1. The van der Waals surface area contributed by atoms with Crippen LogP contribution in [0.25, 0.3) is 0 Å². The Morgan fingerprint density at radius 1 is 1.22 bits per heavy atom. The minimum absolute atomic E-state index is 0.162. The van der Waals surface area contributed by atoms with Gasteiger partial charge in [0, 0.05) is 0 Å². The number of anilines is 1. The molecule has 6 nitrogen and oxygen atoms in total. The second kappa shape index (κ2) is 7.61. The summed E-state index contributed by atoms with van der Waals surface area (Å²) in [4.78, 5) is 0. The van der Waals surface area contributed by atoms with Gasteiger partial charge in [-0.1, -0.05) is 29.8 Å². The van der Waals surface area contributed by atoms with E-state index in [1.54, 1.807) is 30.3 Å². The van der Waals surface area contributed by atoms with E-state index in [9.17, 15) is 0 Å². The summed E-state index contributed by atoms with van der Waals surface area (Å²) in [6.07, 6.45) is 0. The van der Waals surface area contributed by atoms with Crippen molar-refractivity contribution in [2.45, 2.75) is 13.5 Å². The number of rotatable bonds is 6. The number of amidine groups is 1. The molecule has 4 N–H and O–H groups in total. The van der Waals surface area contributed by atoms with E-state index in [0.717, 1.165) is 11.3 Å². The number of nitrogens with one attached hydrogen (secondary N) is 2. The van der Waals surface area contributed by atoms with Crippen LogP contribution in [0.3, 0.4) is 0 Å². The molecule has 2 aromatic rings. The molecule has 23 heavy (non-hydrogen) atoms. The normalized spacial score (nSPS) is 10.7. The molecule has 0 heterocycles. The first kappa shape index (κ1) is 16.0. The van der Waals surface area contributed by atoms with Crippen molar-refractivity contribution in [1.29, 1.82) is 10.7 Å². The maximum atomic E-state index is 8.75. The van der Waals surface area contributed by atoms with Gasteiger partial charge in [-0.3, -0.25) is 10.8 Å². The molecule has 0 amide bonds. The molecule has 2 aromatic carbocycles. The zero-order valence-electron chi connectivity index (χ0n) is 12.7. The average molecular weight is 307 g/mol. The lowest BCUT2D eigenvalue weighted by Gasteiger charge is -2.07. The number of nitrogens with two attached hydrogens (primary N) is 1. The molecule has 0 unspecified atom stereocenters. The summed E-state index contributed by atoms with van der Waals surface area (Å²) in [5, 5.41) is 19.7. The average Bonchev–Trinajstić information content (AvgIpc) is 2.56. The fourth-order valence-electron chi connectivity index (χ4n) is 1.74. The first-order chi connectivity index (χ1) is 11.1. The van der Waals surface area contributed by atoms with Gasteiger partial charge in [-0.25, -0.2) is 0 Å². The number of nitrogens with zero attached hydrogens (tertiary/aromatic N) is 2. The van der Waals surface area contributed by atoms with Crippen molar-refractivity contribution in [3.05, 3.63) is 59.7 Å². The molecule has 0 saturated heterocycles. The number of hydrogen-bond acceptors (Lipinski definition) is 5. The molecule has 0 aromatic heterocycles. The van der Waals surface area contributed by atoms with Crippen molar-refractivity contribution >= 4 is 17.2 Å². The van der Waals surface area contributed by atoms with Crippen molar-refractivity contribution in [3.8, 4) is 11.8 Å². The van der Waals surface area contributed by atoms with Crippen molar-refractivity contribution in [3.63, 3.8) is 0 Å². The van der Waals surface area contributed by atoms with E-state index in [4.69, 9.17) is 21.1 Å². The number of aryl methyl sites for hydroxylation is 1. The number of hydrogen-bond donors (Lipinski definition) is 3. The molecule has 0 radical (unpaired) electrons. The van der Waals surface area contributed by atoms with Gasteiger partial charge in [0.1, 0.15) is 18.4 Å². The second-order valence-electron chi connectivity index (χ2n) is 4.90. The van der Waals surface area contributed by atoms with E-state index in [0.29, 0.717) is 12.3 Å². The summed E-state index contributed by atoms with van der Waals surface area (Å²) < 4.78 is 5.70. The third-order valence-electron chi connectivity index (χ3n) is 3.04. The lowest BCUT2D eigenvalue weighted by Crippen LogP contribution is -2.21. The molecule has 6 heteroatoms. The van der Waals surface area contributed by atoms with E-state index in [2.05, 4.69) is 10.5 Å². The highest BCUT2D eigenvalue weighted by Gasteiger charge is 2.01. The lowest BCUT2D eigenvalue weighted by atomic mass is 10.2.